The number of aromatic nitrogens is 5. The van der Waals surface area contributed by atoms with Crippen LogP contribution in [0.25, 0.3) is 5.69 Å². The van der Waals surface area contributed by atoms with Crippen LogP contribution in [0, 0.1) is 0 Å². The zero-order valence-electron chi connectivity index (χ0n) is 11.3. The molecule has 1 aromatic carbocycles. The van der Waals surface area contributed by atoms with E-state index in [2.05, 4.69) is 25.8 Å². The number of halogens is 2. The molecule has 0 fully saturated rings. The first-order chi connectivity index (χ1) is 10.7. The van der Waals surface area contributed by atoms with E-state index in [1.54, 1.807) is 28.6 Å². The van der Waals surface area contributed by atoms with E-state index in [1.807, 2.05) is 19.3 Å². The Kier molecular flexibility index (Phi) is 4.82. The predicted octanol–water partition coefficient (Wildman–Crippen LogP) is 3.76. The lowest BCUT2D eigenvalue weighted by Crippen LogP contribution is -1.94. The van der Waals surface area contributed by atoms with Gasteiger partial charge in [0.15, 0.2) is 4.34 Å². The Morgan fingerprint density at radius 2 is 2.09 bits per heavy atom. The number of hydrogen-bond acceptors (Lipinski definition) is 7. The van der Waals surface area contributed by atoms with E-state index in [9.17, 15) is 0 Å². The molecule has 0 aliphatic carbocycles. The normalized spacial score (nSPS) is 10.9. The van der Waals surface area contributed by atoms with Crippen molar-refractivity contribution in [1.29, 1.82) is 0 Å². The van der Waals surface area contributed by atoms with E-state index in [0.717, 1.165) is 20.9 Å². The largest absolute Gasteiger partial charge is 0.363 e. The van der Waals surface area contributed by atoms with Gasteiger partial charge >= 0.3 is 0 Å². The zero-order chi connectivity index (χ0) is 15.5. The van der Waals surface area contributed by atoms with Gasteiger partial charge in [-0.2, -0.15) is 0 Å². The summed E-state index contributed by atoms with van der Waals surface area (Å²) < 4.78 is 2.55. The monoisotopic (exact) mass is 372 g/mol. The average Bonchev–Trinajstić information content (AvgIpc) is 3.16. The second kappa shape index (κ2) is 6.82. The molecule has 0 saturated heterocycles. The van der Waals surface area contributed by atoms with Crippen molar-refractivity contribution in [2.45, 2.75) is 10.1 Å². The molecule has 0 aliphatic heterocycles. The molecule has 22 heavy (non-hydrogen) atoms. The fraction of sp³-hybridized carbons (Fsp3) is 0.167. The van der Waals surface area contributed by atoms with Gasteiger partial charge in [0.2, 0.25) is 5.13 Å². The lowest BCUT2D eigenvalue weighted by atomic mass is 10.3. The highest BCUT2D eigenvalue weighted by molar-refractivity contribution is 8.00. The number of thioether (sulfide) groups is 1. The molecule has 0 atom stereocenters. The molecule has 3 aromatic rings. The van der Waals surface area contributed by atoms with Crippen molar-refractivity contribution in [2.75, 3.05) is 12.4 Å². The zero-order valence-corrected chi connectivity index (χ0v) is 14.5. The molecule has 1 N–H and O–H groups in total. The molecule has 114 valence electrons. The molecule has 3 rings (SSSR count). The van der Waals surface area contributed by atoms with Crippen LogP contribution in [-0.4, -0.2) is 32.2 Å². The minimum atomic E-state index is 0.485. The lowest BCUT2D eigenvalue weighted by molar-refractivity contribution is 0.800. The van der Waals surface area contributed by atoms with Gasteiger partial charge in [0, 0.05) is 12.8 Å². The summed E-state index contributed by atoms with van der Waals surface area (Å²) in [5, 5.41) is 21.0. The number of hydrogen-bond donors (Lipinski definition) is 1. The molecule has 0 aliphatic rings. The van der Waals surface area contributed by atoms with E-state index in [1.165, 1.54) is 11.3 Å². The Balaban J connectivity index is 1.69. The van der Waals surface area contributed by atoms with Crippen LogP contribution < -0.4 is 5.32 Å². The van der Waals surface area contributed by atoms with Crippen LogP contribution >= 0.6 is 46.3 Å². The van der Waals surface area contributed by atoms with Crippen LogP contribution in [0.4, 0.5) is 5.13 Å². The van der Waals surface area contributed by atoms with Gasteiger partial charge in [0.1, 0.15) is 0 Å². The minimum absolute atomic E-state index is 0.485. The van der Waals surface area contributed by atoms with Gasteiger partial charge in [-0.15, -0.1) is 15.3 Å². The fourth-order valence-corrected chi connectivity index (χ4v) is 3.50. The maximum atomic E-state index is 6.01. The molecule has 0 saturated carbocycles. The maximum Gasteiger partial charge on any atom is 0.206 e. The van der Waals surface area contributed by atoms with Crippen molar-refractivity contribution in [3.63, 3.8) is 0 Å². The van der Waals surface area contributed by atoms with Crippen LogP contribution in [0.1, 0.15) is 5.69 Å². The lowest BCUT2D eigenvalue weighted by Gasteiger charge is -2.01. The van der Waals surface area contributed by atoms with Crippen LogP contribution in [0.15, 0.2) is 28.7 Å². The Morgan fingerprint density at radius 3 is 2.82 bits per heavy atom. The first kappa shape index (κ1) is 15.5. The molecular weight excluding hydrogens is 363 g/mol. The molecule has 0 unspecified atom stereocenters. The van der Waals surface area contributed by atoms with E-state index in [0.29, 0.717) is 15.8 Å². The molecule has 0 radical (unpaired) electrons. The Bertz CT molecular complexity index is 788. The number of anilines is 1. The Hall–Kier alpha value is -1.35. The third-order valence-corrected chi connectivity index (χ3v) is 5.52. The molecule has 10 heteroatoms. The van der Waals surface area contributed by atoms with Gasteiger partial charge in [-0.1, -0.05) is 51.5 Å². The van der Waals surface area contributed by atoms with Crippen LogP contribution in [0.2, 0.25) is 10.0 Å². The van der Waals surface area contributed by atoms with Gasteiger partial charge < -0.3 is 5.32 Å². The number of nitrogens with one attached hydrogen (secondary N) is 1. The Labute approximate surface area is 144 Å². The topological polar surface area (TPSA) is 68.5 Å². The smallest absolute Gasteiger partial charge is 0.206 e. The van der Waals surface area contributed by atoms with Crippen LogP contribution in [0.3, 0.4) is 0 Å². The van der Waals surface area contributed by atoms with Gasteiger partial charge in [0.05, 0.1) is 27.6 Å². The summed E-state index contributed by atoms with van der Waals surface area (Å²) in [4.78, 5) is 0. The first-order valence-corrected chi connectivity index (χ1v) is 8.72. The molecule has 2 heterocycles. The van der Waals surface area contributed by atoms with Crippen molar-refractivity contribution < 1.29 is 0 Å². The van der Waals surface area contributed by atoms with Crippen LogP contribution in [-0.2, 0) is 5.75 Å². The molecule has 0 amide bonds. The van der Waals surface area contributed by atoms with Crippen molar-refractivity contribution in [3.05, 3.63) is 40.1 Å². The highest BCUT2D eigenvalue weighted by Crippen LogP contribution is 2.28. The number of benzene rings is 1. The van der Waals surface area contributed by atoms with Crippen LogP contribution in [0.5, 0.6) is 0 Å². The van der Waals surface area contributed by atoms with Gasteiger partial charge in [0.25, 0.3) is 0 Å². The van der Waals surface area contributed by atoms with Gasteiger partial charge in [-0.3, -0.25) is 0 Å². The highest BCUT2D eigenvalue weighted by atomic mass is 35.5. The summed E-state index contributed by atoms with van der Waals surface area (Å²) in [6, 6.07) is 5.32. The quantitative estimate of drug-likeness (QED) is 0.687. The molecular formula is C12H10Cl2N6S2. The predicted molar refractivity (Wildman–Crippen MR) is 90.4 cm³/mol. The molecule has 0 bridgehead atoms. The van der Waals surface area contributed by atoms with Crippen molar-refractivity contribution in [1.82, 2.24) is 25.2 Å². The third-order valence-electron chi connectivity index (χ3n) is 2.67. The van der Waals surface area contributed by atoms with E-state index >= 15 is 0 Å². The molecule has 0 spiro atoms. The van der Waals surface area contributed by atoms with E-state index in [-0.39, 0.29) is 0 Å². The molecule has 2 aromatic heterocycles. The van der Waals surface area contributed by atoms with Gasteiger partial charge in [-0.25, -0.2) is 4.68 Å². The second-order valence-electron chi connectivity index (χ2n) is 4.16. The summed E-state index contributed by atoms with van der Waals surface area (Å²) >= 11 is 15.0. The number of nitrogens with zero attached hydrogens (tertiary/aromatic N) is 5. The summed E-state index contributed by atoms with van der Waals surface area (Å²) in [6.07, 6.45) is 1.85. The SMILES string of the molecule is CNc1nnc(SCc2cn(-c3ccc(Cl)c(Cl)c3)nn2)s1. The van der Waals surface area contributed by atoms with E-state index < -0.39 is 0 Å². The van der Waals surface area contributed by atoms with E-state index in [4.69, 9.17) is 23.2 Å². The average molecular weight is 373 g/mol. The molecule has 6 nitrogen and oxygen atoms in total. The summed E-state index contributed by atoms with van der Waals surface area (Å²) in [5.41, 5.74) is 1.66. The third kappa shape index (κ3) is 3.52. The summed E-state index contributed by atoms with van der Waals surface area (Å²) in [6.45, 7) is 0. The van der Waals surface area contributed by atoms with Crippen molar-refractivity contribution >= 4 is 51.4 Å². The second-order valence-corrected chi connectivity index (χ2v) is 7.18. The summed E-state index contributed by atoms with van der Waals surface area (Å²) in [5.74, 6) is 0.666. The fourth-order valence-electron chi connectivity index (χ4n) is 1.62. The first-order valence-electron chi connectivity index (χ1n) is 6.16. The van der Waals surface area contributed by atoms with Crippen molar-refractivity contribution in [2.24, 2.45) is 0 Å². The number of rotatable bonds is 5. The summed E-state index contributed by atoms with van der Waals surface area (Å²) in [7, 11) is 1.82. The highest BCUT2D eigenvalue weighted by Gasteiger charge is 2.08. The Morgan fingerprint density at radius 1 is 1.23 bits per heavy atom. The van der Waals surface area contributed by atoms with Gasteiger partial charge in [-0.05, 0) is 18.2 Å². The maximum absolute atomic E-state index is 6.01. The standard InChI is InChI=1S/C12H10Cl2N6S2/c1-15-11-17-18-12(22-11)21-6-7-5-20(19-16-7)8-2-3-9(13)10(14)4-8/h2-5H,6H2,1H3,(H,15,17). The van der Waals surface area contributed by atoms with Crippen molar-refractivity contribution in [3.8, 4) is 5.69 Å². The minimum Gasteiger partial charge on any atom is -0.363 e.